The Morgan fingerprint density at radius 3 is 1.89 bits per heavy atom. The monoisotopic (exact) mass is 291 g/mol. The Morgan fingerprint density at radius 1 is 1.06 bits per heavy atom. The molecule has 0 heterocycles. The van der Waals surface area contributed by atoms with Crippen LogP contribution >= 0.6 is 19.3 Å². The molecule has 0 saturated carbocycles. The van der Waals surface area contributed by atoms with Gasteiger partial charge in [0, 0.05) is 10.7 Å². The first-order valence-corrected chi connectivity index (χ1v) is 7.73. The van der Waals surface area contributed by atoms with E-state index >= 15 is 0 Å². The third-order valence-electron chi connectivity index (χ3n) is 1.81. The third-order valence-corrected chi connectivity index (χ3v) is 3.99. The van der Waals surface area contributed by atoms with E-state index in [2.05, 4.69) is 5.09 Å². The molecule has 0 aliphatic heterocycles. The summed E-state index contributed by atoms with van der Waals surface area (Å²) in [4.78, 5) is 0. The lowest BCUT2D eigenvalue weighted by Gasteiger charge is -2.23. The van der Waals surface area contributed by atoms with Crippen LogP contribution in [0.5, 0.6) is 0 Å². The summed E-state index contributed by atoms with van der Waals surface area (Å²) in [6.07, 6.45) is -0.399. The number of nitrogens with one attached hydrogen (secondary N) is 1. The minimum absolute atomic E-state index is 0.200. The van der Waals surface area contributed by atoms with Crippen LogP contribution in [0.15, 0.2) is 24.3 Å². The van der Waals surface area contributed by atoms with Gasteiger partial charge in [0.1, 0.15) is 0 Å². The van der Waals surface area contributed by atoms with E-state index in [-0.39, 0.29) is 12.2 Å². The van der Waals surface area contributed by atoms with Gasteiger partial charge in [0.05, 0.1) is 12.2 Å². The van der Waals surface area contributed by atoms with Gasteiger partial charge < -0.3 is 0 Å². The number of benzene rings is 1. The summed E-state index contributed by atoms with van der Waals surface area (Å²) in [7, 11) is -3.36. The van der Waals surface area contributed by atoms with Crippen molar-refractivity contribution in [1.82, 2.24) is 0 Å². The second-order valence-electron chi connectivity index (χ2n) is 4.42. The lowest BCUT2D eigenvalue weighted by Crippen LogP contribution is -2.13. The average molecular weight is 292 g/mol. The Hall–Kier alpha value is -0.540. The van der Waals surface area contributed by atoms with Crippen molar-refractivity contribution < 1.29 is 13.6 Å². The molecule has 0 radical (unpaired) electrons. The highest BCUT2D eigenvalue weighted by molar-refractivity contribution is 7.55. The molecule has 0 unspecified atom stereocenters. The third kappa shape index (κ3) is 5.40. The number of halogens is 1. The van der Waals surface area contributed by atoms with Gasteiger partial charge in [-0.05, 0) is 52.0 Å². The summed E-state index contributed by atoms with van der Waals surface area (Å²) in [6.45, 7) is 7.22. The highest BCUT2D eigenvalue weighted by atomic mass is 35.5. The molecule has 0 fully saturated rings. The second-order valence-corrected chi connectivity index (χ2v) is 6.50. The molecule has 0 bridgehead atoms. The number of anilines is 1. The average Bonchev–Trinajstić information content (AvgIpc) is 2.18. The van der Waals surface area contributed by atoms with E-state index in [0.717, 1.165) is 0 Å². The first-order valence-electron chi connectivity index (χ1n) is 5.81. The van der Waals surface area contributed by atoms with E-state index in [1.54, 1.807) is 52.0 Å². The molecule has 0 atom stereocenters. The first-order chi connectivity index (χ1) is 8.31. The lowest BCUT2D eigenvalue weighted by atomic mass is 10.3. The maximum Gasteiger partial charge on any atom is 0.433 e. The predicted octanol–water partition coefficient (Wildman–Crippen LogP) is 4.71. The summed E-state index contributed by atoms with van der Waals surface area (Å²) in [5, 5.41) is 3.41. The fourth-order valence-electron chi connectivity index (χ4n) is 1.32. The van der Waals surface area contributed by atoms with Crippen molar-refractivity contribution in [2.45, 2.75) is 39.9 Å². The molecule has 6 heteroatoms. The van der Waals surface area contributed by atoms with E-state index < -0.39 is 7.75 Å². The smallest absolute Gasteiger partial charge is 0.293 e. The Bertz CT molecular complexity index is 406. The Morgan fingerprint density at radius 2 is 1.50 bits per heavy atom. The van der Waals surface area contributed by atoms with Crippen LogP contribution in [-0.2, 0) is 13.6 Å². The van der Waals surface area contributed by atoms with Gasteiger partial charge >= 0.3 is 7.75 Å². The molecular formula is C12H19ClNO3P. The molecule has 0 spiro atoms. The summed E-state index contributed by atoms with van der Waals surface area (Å²) < 4.78 is 23.2. The standard InChI is InChI=1S/C12H19ClNO3P/c1-9(2)16-18(15,17-10(3)4)14-12-7-5-11(13)6-8-12/h5-10H,1-4H3,(H,14,15). The molecule has 1 N–H and O–H groups in total. The number of hydrogen-bond donors (Lipinski definition) is 1. The van der Waals surface area contributed by atoms with E-state index in [1.807, 2.05) is 0 Å². The predicted molar refractivity (Wildman–Crippen MR) is 75.1 cm³/mol. The molecular weight excluding hydrogens is 273 g/mol. The van der Waals surface area contributed by atoms with Crippen LogP contribution in [0.3, 0.4) is 0 Å². The Labute approximate surface area is 113 Å². The van der Waals surface area contributed by atoms with E-state index in [4.69, 9.17) is 20.6 Å². The minimum Gasteiger partial charge on any atom is -0.293 e. The number of rotatable bonds is 6. The van der Waals surface area contributed by atoms with Gasteiger partial charge in [0.15, 0.2) is 0 Å². The summed E-state index contributed by atoms with van der Waals surface area (Å²) in [6, 6.07) is 6.86. The van der Waals surface area contributed by atoms with Crippen LogP contribution in [-0.4, -0.2) is 12.2 Å². The second kappa shape index (κ2) is 6.58. The van der Waals surface area contributed by atoms with Crippen molar-refractivity contribution in [3.8, 4) is 0 Å². The molecule has 0 aliphatic carbocycles. The van der Waals surface area contributed by atoms with Crippen molar-refractivity contribution in [3.63, 3.8) is 0 Å². The van der Waals surface area contributed by atoms with Crippen LogP contribution in [0.4, 0.5) is 5.69 Å². The van der Waals surface area contributed by atoms with Gasteiger partial charge in [-0.2, -0.15) is 0 Å². The number of hydrogen-bond acceptors (Lipinski definition) is 3. The molecule has 18 heavy (non-hydrogen) atoms. The normalized spacial score (nSPS) is 12.2. The van der Waals surface area contributed by atoms with Crippen molar-refractivity contribution in [3.05, 3.63) is 29.3 Å². The molecule has 0 amide bonds. The van der Waals surface area contributed by atoms with Crippen LogP contribution < -0.4 is 5.09 Å². The molecule has 1 aromatic carbocycles. The summed E-state index contributed by atoms with van der Waals surface area (Å²) in [5.41, 5.74) is 0.643. The zero-order valence-electron chi connectivity index (χ0n) is 11.0. The van der Waals surface area contributed by atoms with Gasteiger partial charge in [-0.1, -0.05) is 11.6 Å². The fourth-order valence-corrected chi connectivity index (χ4v) is 3.17. The van der Waals surface area contributed by atoms with Crippen molar-refractivity contribution in [2.75, 3.05) is 5.09 Å². The van der Waals surface area contributed by atoms with E-state index in [0.29, 0.717) is 10.7 Å². The van der Waals surface area contributed by atoms with Gasteiger partial charge in [-0.15, -0.1) is 0 Å². The van der Waals surface area contributed by atoms with Crippen LogP contribution in [0.25, 0.3) is 0 Å². The van der Waals surface area contributed by atoms with E-state index in [1.165, 1.54) is 0 Å². The SMILES string of the molecule is CC(C)OP(=O)(Nc1ccc(Cl)cc1)OC(C)C. The maximum absolute atomic E-state index is 12.5. The Kier molecular flexibility index (Phi) is 5.67. The largest absolute Gasteiger partial charge is 0.433 e. The van der Waals surface area contributed by atoms with Crippen molar-refractivity contribution in [1.29, 1.82) is 0 Å². The molecule has 4 nitrogen and oxygen atoms in total. The van der Waals surface area contributed by atoms with Gasteiger partial charge in [0.25, 0.3) is 0 Å². The quantitative estimate of drug-likeness (QED) is 0.771. The van der Waals surface area contributed by atoms with Crippen LogP contribution in [0.2, 0.25) is 5.02 Å². The molecule has 102 valence electrons. The highest BCUT2D eigenvalue weighted by Crippen LogP contribution is 2.50. The molecule has 1 aromatic rings. The van der Waals surface area contributed by atoms with E-state index in [9.17, 15) is 4.57 Å². The fraction of sp³-hybridized carbons (Fsp3) is 0.500. The molecule has 0 saturated heterocycles. The molecule has 0 aromatic heterocycles. The zero-order chi connectivity index (χ0) is 13.8. The van der Waals surface area contributed by atoms with Crippen LogP contribution in [0, 0.1) is 0 Å². The summed E-state index contributed by atoms with van der Waals surface area (Å²) in [5.74, 6) is 0. The topological polar surface area (TPSA) is 47.6 Å². The Balaban J connectivity index is 2.84. The molecule has 0 aliphatic rings. The zero-order valence-corrected chi connectivity index (χ0v) is 12.7. The van der Waals surface area contributed by atoms with Crippen LogP contribution in [0.1, 0.15) is 27.7 Å². The first kappa shape index (κ1) is 15.5. The molecule has 1 rings (SSSR count). The van der Waals surface area contributed by atoms with Crippen molar-refractivity contribution >= 4 is 25.0 Å². The maximum atomic E-state index is 12.5. The highest BCUT2D eigenvalue weighted by Gasteiger charge is 2.27. The van der Waals surface area contributed by atoms with Crippen molar-refractivity contribution in [2.24, 2.45) is 0 Å². The summed E-state index contributed by atoms with van der Waals surface area (Å²) >= 11 is 5.79. The van der Waals surface area contributed by atoms with Gasteiger partial charge in [-0.25, -0.2) is 4.57 Å². The van der Waals surface area contributed by atoms with Gasteiger partial charge in [-0.3, -0.25) is 14.1 Å². The minimum atomic E-state index is -3.36. The van der Waals surface area contributed by atoms with Gasteiger partial charge in [0.2, 0.25) is 0 Å². The lowest BCUT2D eigenvalue weighted by molar-refractivity contribution is 0.146.